The smallest absolute Gasteiger partial charge is 0.240 e. The van der Waals surface area contributed by atoms with Crippen LogP contribution in [0.4, 0.5) is 5.69 Å². The Morgan fingerprint density at radius 2 is 2.05 bits per heavy atom. The van der Waals surface area contributed by atoms with Gasteiger partial charge in [0, 0.05) is 12.7 Å². The Hall–Kier alpha value is -2.04. The van der Waals surface area contributed by atoms with Crippen molar-refractivity contribution in [3.63, 3.8) is 0 Å². The lowest BCUT2D eigenvalue weighted by Gasteiger charge is -2.24. The zero-order chi connectivity index (χ0) is 14.2. The highest BCUT2D eigenvalue weighted by atomic mass is 16.4. The van der Waals surface area contributed by atoms with Gasteiger partial charge in [0.2, 0.25) is 5.91 Å². The molecule has 0 radical (unpaired) electrons. The molecule has 0 aromatic heterocycles. The van der Waals surface area contributed by atoms with Crippen LogP contribution in [0.3, 0.4) is 0 Å². The molecule has 1 saturated carbocycles. The summed E-state index contributed by atoms with van der Waals surface area (Å²) in [6, 6.07) is 5.92. The topological polar surface area (TPSA) is 78.9 Å². The Kier molecular flexibility index (Phi) is 3.22. The van der Waals surface area contributed by atoms with E-state index in [1.807, 2.05) is 32.0 Å². The van der Waals surface area contributed by atoms with E-state index >= 15 is 0 Å². The highest BCUT2D eigenvalue weighted by molar-refractivity contribution is 6.15. The lowest BCUT2D eigenvalue weighted by Crippen LogP contribution is -2.42. The summed E-state index contributed by atoms with van der Waals surface area (Å²) in [5.41, 5.74) is 7.88. The number of anilines is 1. The van der Waals surface area contributed by atoms with E-state index in [1.165, 1.54) is 0 Å². The minimum Gasteiger partial charge on any atom is -0.409 e. The zero-order valence-corrected chi connectivity index (χ0v) is 11.5. The third-order valence-corrected chi connectivity index (χ3v) is 3.78. The van der Waals surface area contributed by atoms with Crippen molar-refractivity contribution < 1.29 is 10.0 Å². The molecule has 3 N–H and O–H groups in total. The van der Waals surface area contributed by atoms with Crippen LogP contribution in [0.1, 0.15) is 24.0 Å². The van der Waals surface area contributed by atoms with Crippen molar-refractivity contribution in [2.24, 2.45) is 16.3 Å². The summed E-state index contributed by atoms with van der Waals surface area (Å²) in [4.78, 5) is 14.1. The third kappa shape index (κ3) is 2.16. The number of rotatable bonds is 3. The molecule has 0 unspecified atom stereocenters. The van der Waals surface area contributed by atoms with Gasteiger partial charge in [-0.3, -0.25) is 4.79 Å². The first-order valence-corrected chi connectivity index (χ1v) is 6.26. The summed E-state index contributed by atoms with van der Waals surface area (Å²) in [5.74, 6) is -0.108. The normalized spacial score (nSPS) is 17.1. The largest absolute Gasteiger partial charge is 0.409 e. The molecule has 19 heavy (non-hydrogen) atoms. The fourth-order valence-corrected chi connectivity index (χ4v) is 2.41. The van der Waals surface area contributed by atoms with Crippen LogP contribution < -0.4 is 10.6 Å². The summed E-state index contributed by atoms with van der Waals surface area (Å²) in [7, 11) is 1.73. The van der Waals surface area contributed by atoms with Gasteiger partial charge in [0.1, 0.15) is 5.41 Å². The summed E-state index contributed by atoms with van der Waals surface area (Å²) < 4.78 is 0. The number of amides is 1. The number of carbonyl (C=O) groups is 1. The molecule has 0 heterocycles. The molecular formula is C14H19N3O2. The van der Waals surface area contributed by atoms with Crippen LogP contribution in [0.15, 0.2) is 23.4 Å². The van der Waals surface area contributed by atoms with Crippen LogP contribution in [0.2, 0.25) is 0 Å². The Morgan fingerprint density at radius 1 is 1.42 bits per heavy atom. The van der Waals surface area contributed by atoms with Gasteiger partial charge in [0.25, 0.3) is 0 Å². The number of hydrogen-bond donors (Lipinski definition) is 2. The maximum Gasteiger partial charge on any atom is 0.240 e. The van der Waals surface area contributed by atoms with Gasteiger partial charge in [0.15, 0.2) is 5.84 Å². The van der Waals surface area contributed by atoms with Crippen LogP contribution in [-0.4, -0.2) is 24.0 Å². The molecular weight excluding hydrogens is 242 g/mol. The molecule has 0 spiro atoms. The summed E-state index contributed by atoms with van der Waals surface area (Å²) >= 11 is 0. The first kappa shape index (κ1) is 13.4. The fourth-order valence-electron chi connectivity index (χ4n) is 2.41. The molecule has 0 bridgehead atoms. The van der Waals surface area contributed by atoms with E-state index in [0.717, 1.165) is 16.8 Å². The second-order valence-corrected chi connectivity index (χ2v) is 5.22. The maximum atomic E-state index is 12.5. The summed E-state index contributed by atoms with van der Waals surface area (Å²) in [5, 5.41) is 11.8. The molecule has 2 rings (SSSR count). The van der Waals surface area contributed by atoms with E-state index in [2.05, 4.69) is 5.16 Å². The molecule has 1 fully saturated rings. The predicted octanol–water partition coefficient (Wildman–Crippen LogP) is 1.79. The number of nitrogens with two attached hydrogens (primary N) is 1. The van der Waals surface area contributed by atoms with Crippen LogP contribution in [0.25, 0.3) is 0 Å². The third-order valence-electron chi connectivity index (χ3n) is 3.78. The summed E-state index contributed by atoms with van der Waals surface area (Å²) in [6.07, 6.45) is 1.27. The average molecular weight is 261 g/mol. The van der Waals surface area contributed by atoms with E-state index in [9.17, 15) is 4.79 Å². The number of amidine groups is 1. The highest BCUT2D eigenvalue weighted by Gasteiger charge is 2.55. The predicted molar refractivity (Wildman–Crippen MR) is 74.4 cm³/mol. The van der Waals surface area contributed by atoms with E-state index in [-0.39, 0.29) is 11.7 Å². The van der Waals surface area contributed by atoms with Crippen molar-refractivity contribution in [2.75, 3.05) is 11.9 Å². The van der Waals surface area contributed by atoms with Gasteiger partial charge in [-0.1, -0.05) is 22.9 Å². The SMILES string of the molecule is Cc1ccc(N(C)C(=O)C2(/C(N)=N/O)CC2)c(C)c1. The standard InChI is InChI=1S/C14H19N3O2/c1-9-4-5-11(10(2)8-9)17(3)13(18)14(6-7-14)12(15)16-19/h4-5,8,19H,6-7H2,1-3H3,(H2,15,16). The Bertz CT molecular complexity index is 548. The lowest BCUT2D eigenvalue weighted by atomic mass is 10.0. The number of carbonyl (C=O) groups excluding carboxylic acids is 1. The molecule has 102 valence electrons. The number of nitrogens with zero attached hydrogens (tertiary/aromatic N) is 2. The average Bonchev–Trinajstić information content (AvgIpc) is 3.17. The molecule has 1 aliphatic carbocycles. The minimum atomic E-state index is -0.805. The van der Waals surface area contributed by atoms with Gasteiger partial charge in [-0.05, 0) is 38.3 Å². The van der Waals surface area contributed by atoms with Crippen LogP contribution in [-0.2, 0) is 4.79 Å². The molecule has 0 saturated heterocycles. The van der Waals surface area contributed by atoms with Crippen molar-refractivity contribution in [2.45, 2.75) is 26.7 Å². The van der Waals surface area contributed by atoms with Gasteiger partial charge in [0.05, 0.1) is 0 Å². The van der Waals surface area contributed by atoms with Gasteiger partial charge < -0.3 is 15.8 Å². The molecule has 0 aliphatic heterocycles. The van der Waals surface area contributed by atoms with Crippen molar-refractivity contribution in [1.29, 1.82) is 0 Å². The number of oxime groups is 1. The number of hydrogen-bond acceptors (Lipinski definition) is 3. The Balaban J connectivity index is 2.30. The van der Waals surface area contributed by atoms with Gasteiger partial charge in [-0.15, -0.1) is 0 Å². The van der Waals surface area contributed by atoms with Gasteiger partial charge in [-0.2, -0.15) is 0 Å². The number of aryl methyl sites for hydroxylation is 2. The van der Waals surface area contributed by atoms with E-state index in [1.54, 1.807) is 11.9 Å². The fraction of sp³-hybridized carbons (Fsp3) is 0.429. The quantitative estimate of drug-likeness (QED) is 0.377. The monoisotopic (exact) mass is 261 g/mol. The minimum absolute atomic E-state index is 0.00844. The molecule has 1 aliphatic rings. The molecule has 0 atom stereocenters. The molecule has 1 aromatic rings. The van der Waals surface area contributed by atoms with Gasteiger partial charge >= 0.3 is 0 Å². The van der Waals surface area contributed by atoms with E-state index in [4.69, 9.17) is 10.9 Å². The second-order valence-electron chi connectivity index (χ2n) is 5.22. The van der Waals surface area contributed by atoms with Crippen molar-refractivity contribution in [3.8, 4) is 0 Å². The molecule has 1 aromatic carbocycles. The second kappa shape index (κ2) is 4.57. The summed E-state index contributed by atoms with van der Waals surface area (Å²) in [6.45, 7) is 3.98. The number of benzene rings is 1. The molecule has 1 amide bonds. The van der Waals surface area contributed by atoms with Gasteiger partial charge in [-0.25, -0.2) is 0 Å². The van der Waals surface area contributed by atoms with E-state index in [0.29, 0.717) is 12.8 Å². The van der Waals surface area contributed by atoms with Crippen molar-refractivity contribution >= 4 is 17.4 Å². The van der Waals surface area contributed by atoms with Crippen molar-refractivity contribution in [3.05, 3.63) is 29.3 Å². The van der Waals surface area contributed by atoms with Crippen LogP contribution in [0, 0.1) is 19.3 Å². The highest BCUT2D eigenvalue weighted by Crippen LogP contribution is 2.48. The lowest BCUT2D eigenvalue weighted by molar-refractivity contribution is -0.121. The zero-order valence-electron chi connectivity index (χ0n) is 11.5. The first-order chi connectivity index (χ1) is 8.92. The molecule has 5 heteroatoms. The van der Waals surface area contributed by atoms with Crippen molar-refractivity contribution in [1.82, 2.24) is 0 Å². The molecule has 5 nitrogen and oxygen atoms in total. The maximum absolute atomic E-state index is 12.5. The first-order valence-electron chi connectivity index (χ1n) is 6.26. The Morgan fingerprint density at radius 3 is 2.53 bits per heavy atom. The van der Waals surface area contributed by atoms with Crippen LogP contribution in [0.5, 0.6) is 0 Å². The van der Waals surface area contributed by atoms with Crippen LogP contribution >= 0.6 is 0 Å². The Labute approximate surface area is 112 Å². The van der Waals surface area contributed by atoms with E-state index < -0.39 is 5.41 Å².